The third kappa shape index (κ3) is 22.2. The fraction of sp³-hybridized carbons (Fsp3) is 0.796. The molecule has 0 atom stereocenters. The Morgan fingerprint density at radius 2 is 0.569 bits per heavy atom. The lowest BCUT2D eigenvalue weighted by molar-refractivity contribution is -0.710. The van der Waals surface area contributed by atoms with Gasteiger partial charge in [0.2, 0.25) is 0 Å². The summed E-state index contributed by atoms with van der Waals surface area (Å²) in [6.07, 6.45) is 43.3. The number of unbranched alkanes of at least 4 members (excludes halogenated alkanes) is 26. The van der Waals surface area contributed by atoms with Gasteiger partial charge in [-0.25, -0.2) is 9.13 Å². The molecule has 0 radical (unpaired) electrons. The van der Waals surface area contributed by atoms with E-state index in [4.69, 9.17) is 0 Å². The Morgan fingerprint density at radius 3 is 0.863 bits per heavy atom. The van der Waals surface area contributed by atoms with E-state index in [9.17, 15) is 0 Å². The minimum atomic E-state index is 1.19. The number of hydrogen-bond acceptors (Lipinski definition) is 0. The van der Waals surface area contributed by atoms with E-state index in [1.807, 2.05) is 0 Å². The first-order valence-electron chi connectivity index (χ1n) is 23.0. The van der Waals surface area contributed by atoms with E-state index >= 15 is 0 Å². The summed E-state index contributed by atoms with van der Waals surface area (Å²) in [7, 11) is 0. The highest BCUT2D eigenvalue weighted by atomic mass is 15.0. The molecule has 0 fully saturated rings. The fourth-order valence-electron chi connectivity index (χ4n) is 8.45. The van der Waals surface area contributed by atoms with Crippen molar-refractivity contribution in [1.82, 2.24) is 0 Å². The standard InChI is InChI=1S/C49H88N2/c1-7-9-11-13-15-17-19-21-23-25-28-32-36-48-42-44(3)40-46(5)50(48)38-34-30-27-31-35-39-51-47(6)41-45(4)43-49(51)37-33-29-26-24-22-20-18-16-14-12-10-8-2/h40-43H,7-39H2,1-6H3/q+2. The Hall–Kier alpha value is -1.70. The molecule has 2 aromatic heterocycles. The van der Waals surface area contributed by atoms with Crippen LogP contribution in [0.1, 0.15) is 234 Å². The maximum absolute atomic E-state index is 2.65. The first-order chi connectivity index (χ1) is 25.0. The zero-order valence-electron chi connectivity index (χ0n) is 35.5. The second-order valence-corrected chi connectivity index (χ2v) is 16.7. The number of hydrogen-bond donors (Lipinski definition) is 0. The molecule has 0 aliphatic carbocycles. The summed E-state index contributed by atoms with van der Waals surface area (Å²) in [5.74, 6) is 0. The minimum absolute atomic E-state index is 1.19. The van der Waals surface area contributed by atoms with Crippen molar-refractivity contribution in [2.24, 2.45) is 0 Å². The van der Waals surface area contributed by atoms with E-state index in [1.165, 1.54) is 235 Å². The summed E-state index contributed by atoms with van der Waals surface area (Å²) < 4.78 is 5.30. The van der Waals surface area contributed by atoms with Crippen molar-refractivity contribution in [1.29, 1.82) is 0 Å². The van der Waals surface area contributed by atoms with Crippen LogP contribution in [-0.4, -0.2) is 0 Å². The van der Waals surface area contributed by atoms with Crippen LogP contribution >= 0.6 is 0 Å². The molecule has 0 amide bonds. The Labute approximate surface area is 320 Å². The van der Waals surface area contributed by atoms with Gasteiger partial charge in [0.25, 0.3) is 0 Å². The number of pyridine rings is 2. The largest absolute Gasteiger partial charge is 0.200 e. The first-order valence-corrected chi connectivity index (χ1v) is 23.0. The van der Waals surface area contributed by atoms with E-state index in [-0.39, 0.29) is 0 Å². The molecule has 2 aromatic rings. The Balaban J connectivity index is 1.62. The topological polar surface area (TPSA) is 7.76 Å². The molecular formula is C49H88N2+2. The third-order valence-electron chi connectivity index (χ3n) is 11.5. The third-order valence-corrected chi connectivity index (χ3v) is 11.5. The summed E-state index contributed by atoms with van der Waals surface area (Å²) in [4.78, 5) is 0. The van der Waals surface area contributed by atoms with Gasteiger partial charge in [-0.3, -0.25) is 0 Å². The van der Waals surface area contributed by atoms with Crippen molar-refractivity contribution < 1.29 is 9.13 Å². The van der Waals surface area contributed by atoms with E-state index in [0.717, 1.165) is 0 Å². The molecule has 0 saturated heterocycles. The highest BCUT2D eigenvalue weighted by molar-refractivity contribution is 5.15. The van der Waals surface area contributed by atoms with Crippen LogP contribution in [0.5, 0.6) is 0 Å². The van der Waals surface area contributed by atoms with E-state index in [1.54, 1.807) is 11.4 Å². The molecule has 2 heterocycles. The lowest BCUT2D eigenvalue weighted by atomic mass is 10.0. The normalized spacial score (nSPS) is 11.6. The van der Waals surface area contributed by atoms with Gasteiger partial charge in [-0.15, -0.1) is 0 Å². The molecule has 0 aliphatic heterocycles. The molecule has 2 rings (SSSR count). The molecule has 0 aromatic carbocycles. The lowest BCUT2D eigenvalue weighted by Crippen LogP contribution is -2.42. The SMILES string of the molecule is CCCCCCCCCCCCCCc1cc(C)cc(C)[n+]1CCCCCCC[n+]1c(C)cc(C)cc1CCCCCCCCCCCCCC. The fourth-order valence-corrected chi connectivity index (χ4v) is 8.45. The van der Waals surface area contributed by atoms with Crippen molar-refractivity contribution in [3.63, 3.8) is 0 Å². The van der Waals surface area contributed by atoms with E-state index < -0.39 is 0 Å². The van der Waals surface area contributed by atoms with Gasteiger partial charge in [-0.1, -0.05) is 162 Å². The number of aromatic nitrogens is 2. The zero-order valence-corrected chi connectivity index (χ0v) is 35.5. The smallest absolute Gasteiger partial charge is 0.181 e. The van der Waals surface area contributed by atoms with Crippen LogP contribution in [0.25, 0.3) is 0 Å². The Morgan fingerprint density at radius 1 is 0.314 bits per heavy atom. The molecule has 0 unspecified atom stereocenters. The maximum Gasteiger partial charge on any atom is 0.181 e. The van der Waals surface area contributed by atoms with Gasteiger partial charge < -0.3 is 0 Å². The molecule has 292 valence electrons. The van der Waals surface area contributed by atoms with Gasteiger partial charge in [0.15, 0.2) is 22.8 Å². The van der Waals surface area contributed by atoms with Gasteiger partial charge in [-0.05, 0) is 50.7 Å². The Kier molecular flexibility index (Phi) is 27.4. The lowest BCUT2D eigenvalue weighted by Gasteiger charge is -2.10. The van der Waals surface area contributed by atoms with Crippen molar-refractivity contribution in [2.45, 2.75) is 254 Å². The van der Waals surface area contributed by atoms with Crippen LogP contribution in [0, 0.1) is 27.7 Å². The van der Waals surface area contributed by atoms with Crippen LogP contribution in [0.2, 0.25) is 0 Å². The van der Waals surface area contributed by atoms with Crippen molar-refractivity contribution in [3.8, 4) is 0 Å². The molecule has 0 bridgehead atoms. The molecule has 2 heteroatoms. The van der Waals surface area contributed by atoms with Crippen molar-refractivity contribution >= 4 is 0 Å². The van der Waals surface area contributed by atoms with Crippen LogP contribution in [-0.2, 0) is 25.9 Å². The van der Waals surface area contributed by atoms with Gasteiger partial charge in [0.05, 0.1) is 0 Å². The van der Waals surface area contributed by atoms with E-state index in [2.05, 4.69) is 74.9 Å². The van der Waals surface area contributed by atoms with Crippen LogP contribution in [0.3, 0.4) is 0 Å². The minimum Gasteiger partial charge on any atom is -0.200 e. The van der Waals surface area contributed by atoms with Crippen molar-refractivity contribution in [3.05, 3.63) is 58.2 Å². The number of nitrogens with zero attached hydrogens (tertiary/aromatic N) is 2. The highest BCUT2D eigenvalue weighted by Crippen LogP contribution is 2.16. The Bertz CT molecular complexity index is 1030. The zero-order chi connectivity index (χ0) is 36.8. The number of aryl methyl sites for hydroxylation is 6. The summed E-state index contributed by atoms with van der Waals surface area (Å²) in [6, 6.07) is 9.73. The summed E-state index contributed by atoms with van der Waals surface area (Å²) >= 11 is 0. The molecule has 2 nitrogen and oxygen atoms in total. The molecule has 0 aliphatic rings. The van der Waals surface area contributed by atoms with Gasteiger partial charge in [0.1, 0.15) is 13.1 Å². The second-order valence-electron chi connectivity index (χ2n) is 16.7. The predicted octanol–water partition coefficient (Wildman–Crippen LogP) is 14.6. The van der Waals surface area contributed by atoms with Gasteiger partial charge in [0, 0.05) is 63.8 Å². The molecular weight excluding hydrogens is 617 g/mol. The average molecular weight is 705 g/mol. The predicted molar refractivity (Wildman–Crippen MR) is 225 cm³/mol. The quantitative estimate of drug-likeness (QED) is 0.0506. The van der Waals surface area contributed by atoms with Gasteiger partial charge >= 0.3 is 0 Å². The average Bonchev–Trinajstić information content (AvgIpc) is 3.10. The van der Waals surface area contributed by atoms with E-state index in [0.29, 0.717) is 0 Å². The van der Waals surface area contributed by atoms with Crippen LogP contribution in [0.4, 0.5) is 0 Å². The van der Waals surface area contributed by atoms with Crippen LogP contribution in [0.15, 0.2) is 24.3 Å². The summed E-state index contributed by atoms with van der Waals surface area (Å²) in [5, 5.41) is 0. The summed E-state index contributed by atoms with van der Waals surface area (Å²) in [6.45, 7) is 16.2. The molecule has 0 saturated carbocycles. The first kappa shape index (κ1) is 45.5. The molecule has 0 spiro atoms. The molecule has 0 N–H and O–H groups in total. The monoisotopic (exact) mass is 705 g/mol. The van der Waals surface area contributed by atoms with Gasteiger partial charge in [-0.2, -0.15) is 0 Å². The highest BCUT2D eigenvalue weighted by Gasteiger charge is 2.16. The molecule has 51 heavy (non-hydrogen) atoms. The number of rotatable bonds is 34. The summed E-state index contributed by atoms with van der Waals surface area (Å²) in [5.41, 5.74) is 8.92. The maximum atomic E-state index is 2.65. The second kappa shape index (κ2) is 30.7. The van der Waals surface area contributed by atoms with Crippen LogP contribution < -0.4 is 9.13 Å². The van der Waals surface area contributed by atoms with Crippen molar-refractivity contribution in [2.75, 3.05) is 0 Å².